The minimum atomic E-state index is -0.298. The van der Waals surface area contributed by atoms with Gasteiger partial charge in [-0.1, -0.05) is 35.3 Å². The summed E-state index contributed by atoms with van der Waals surface area (Å²) in [4.78, 5) is 4.44. The van der Waals surface area contributed by atoms with Crippen molar-refractivity contribution in [2.24, 2.45) is 4.99 Å². The van der Waals surface area contributed by atoms with E-state index in [4.69, 9.17) is 23.2 Å². The van der Waals surface area contributed by atoms with Gasteiger partial charge in [-0.15, -0.1) is 0 Å². The predicted molar refractivity (Wildman–Crippen MR) is 92.0 cm³/mol. The van der Waals surface area contributed by atoms with E-state index in [9.17, 15) is 4.39 Å². The molecule has 23 heavy (non-hydrogen) atoms. The number of aromatic nitrogens is 2. The number of nitrogens with zero attached hydrogens (tertiary/aromatic N) is 3. The number of aliphatic imine (C=N–C) groups is 1. The molecule has 0 unspecified atom stereocenters. The molecule has 0 amide bonds. The highest BCUT2D eigenvalue weighted by atomic mass is 35.5. The minimum Gasteiger partial charge on any atom is -0.236 e. The van der Waals surface area contributed by atoms with Crippen molar-refractivity contribution < 1.29 is 4.39 Å². The van der Waals surface area contributed by atoms with Gasteiger partial charge in [0.05, 0.1) is 21.4 Å². The van der Waals surface area contributed by atoms with Crippen molar-refractivity contribution in [3.05, 3.63) is 75.7 Å². The fraction of sp³-hybridized carbons (Fsp3) is 0.0588. The topological polar surface area (TPSA) is 30.2 Å². The average Bonchev–Trinajstić information content (AvgIpc) is 2.90. The molecule has 1 heterocycles. The number of benzene rings is 2. The van der Waals surface area contributed by atoms with Gasteiger partial charge in [-0.2, -0.15) is 5.10 Å². The third-order valence-corrected chi connectivity index (χ3v) is 4.03. The molecule has 0 aliphatic carbocycles. The average molecular weight is 348 g/mol. The molecule has 0 aliphatic rings. The molecular weight excluding hydrogens is 336 g/mol. The Morgan fingerprint density at radius 1 is 1.13 bits per heavy atom. The molecule has 116 valence electrons. The van der Waals surface area contributed by atoms with Gasteiger partial charge in [0.2, 0.25) is 0 Å². The van der Waals surface area contributed by atoms with Crippen LogP contribution in [0.1, 0.15) is 11.3 Å². The molecular formula is C17H12Cl2FN3. The molecule has 1 aromatic heterocycles. The summed E-state index contributed by atoms with van der Waals surface area (Å²) in [6.45, 7) is 1.87. The Morgan fingerprint density at radius 3 is 2.61 bits per heavy atom. The molecule has 0 aliphatic heterocycles. The Morgan fingerprint density at radius 2 is 1.87 bits per heavy atom. The molecule has 0 fully saturated rings. The first-order chi connectivity index (χ1) is 11.0. The second-order valence-electron chi connectivity index (χ2n) is 4.93. The summed E-state index contributed by atoms with van der Waals surface area (Å²) in [7, 11) is 0. The Kier molecular flexibility index (Phi) is 4.46. The van der Waals surface area contributed by atoms with E-state index < -0.39 is 0 Å². The van der Waals surface area contributed by atoms with E-state index in [2.05, 4.69) is 10.1 Å². The summed E-state index contributed by atoms with van der Waals surface area (Å²) in [6.07, 6.45) is 1.63. The van der Waals surface area contributed by atoms with E-state index in [1.807, 2.05) is 19.1 Å². The summed E-state index contributed by atoms with van der Waals surface area (Å²) in [6, 6.07) is 13.2. The molecule has 0 atom stereocenters. The molecule has 6 heteroatoms. The van der Waals surface area contributed by atoms with Crippen LogP contribution in [0.3, 0.4) is 0 Å². The third kappa shape index (κ3) is 3.44. The highest BCUT2D eigenvalue weighted by Crippen LogP contribution is 2.25. The van der Waals surface area contributed by atoms with Crippen LogP contribution >= 0.6 is 23.2 Å². The van der Waals surface area contributed by atoms with Crippen LogP contribution in [0.15, 0.2) is 53.5 Å². The molecule has 3 rings (SSSR count). The Balaban J connectivity index is 1.99. The van der Waals surface area contributed by atoms with E-state index in [1.165, 1.54) is 12.1 Å². The first-order valence-corrected chi connectivity index (χ1v) is 7.61. The maximum Gasteiger partial charge on any atom is 0.155 e. The number of rotatable bonds is 3. The normalized spacial score (nSPS) is 11.3. The predicted octanol–water partition coefficient (Wildman–Crippen LogP) is 5.38. The first kappa shape index (κ1) is 15.7. The van der Waals surface area contributed by atoms with Gasteiger partial charge < -0.3 is 0 Å². The summed E-state index contributed by atoms with van der Waals surface area (Å²) in [5.41, 5.74) is 2.24. The van der Waals surface area contributed by atoms with Crippen LogP contribution in [-0.4, -0.2) is 16.0 Å². The number of halogens is 3. The molecule has 0 bridgehead atoms. The van der Waals surface area contributed by atoms with Gasteiger partial charge in [0.15, 0.2) is 5.82 Å². The van der Waals surface area contributed by atoms with Crippen molar-refractivity contribution in [2.45, 2.75) is 6.92 Å². The fourth-order valence-electron chi connectivity index (χ4n) is 2.11. The van der Waals surface area contributed by atoms with Crippen molar-refractivity contribution in [2.75, 3.05) is 0 Å². The molecule has 0 N–H and O–H groups in total. The molecule has 3 aromatic rings. The zero-order valence-corrected chi connectivity index (χ0v) is 13.7. The van der Waals surface area contributed by atoms with Crippen molar-refractivity contribution in [3.8, 4) is 5.69 Å². The van der Waals surface area contributed by atoms with Crippen LogP contribution in [0, 0.1) is 12.7 Å². The van der Waals surface area contributed by atoms with Crippen molar-refractivity contribution >= 4 is 35.2 Å². The highest BCUT2D eigenvalue weighted by Gasteiger charge is 2.07. The second kappa shape index (κ2) is 6.52. The van der Waals surface area contributed by atoms with Crippen molar-refractivity contribution in [1.82, 2.24) is 9.78 Å². The van der Waals surface area contributed by atoms with Gasteiger partial charge in [-0.05, 0) is 37.3 Å². The quantitative estimate of drug-likeness (QED) is 0.585. The van der Waals surface area contributed by atoms with Gasteiger partial charge in [-0.3, -0.25) is 0 Å². The molecule has 0 spiro atoms. The fourth-order valence-corrected chi connectivity index (χ4v) is 2.46. The summed E-state index contributed by atoms with van der Waals surface area (Å²) >= 11 is 12.1. The summed E-state index contributed by atoms with van der Waals surface area (Å²) in [5, 5.41) is 5.30. The van der Waals surface area contributed by atoms with Gasteiger partial charge in [0.1, 0.15) is 5.82 Å². The smallest absolute Gasteiger partial charge is 0.155 e. The Hall–Kier alpha value is -2.17. The SMILES string of the molecule is Cc1cc(/N=C/c2cccc(Cl)c2Cl)n(-c2ccc(F)cc2)n1. The van der Waals surface area contributed by atoms with Crippen molar-refractivity contribution in [1.29, 1.82) is 0 Å². The third-order valence-electron chi connectivity index (χ3n) is 3.20. The van der Waals surface area contributed by atoms with Crippen LogP contribution in [-0.2, 0) is 0 Å². The summed E-state index contributed by atoms with van der Waals surface area (Å²) in [5.74, 6) is 0.318. The number of aryl methyl sites for hydroxylation is 1. The van der Waals surface area contributed by atoms with E-state index in [0.29, 0.717) is 21.4 Å². The lowest BCUT2D eigenvalue weighted by Gasteiger charge is -2.04. The van der Waals surface area contributed by atoms with E-state index in [1.54, 1.807) is 35.2 Å². The zero-order chi connectivity index (χ0) is 16.4. The monoisotopic (exact) mass is 347 g/mol. The van der Waals surface area contributed by atoms with Crippen molar-refractivity contribution in [3.63, 3.8) is 0 Å². The first-order valence-electron chi connectivity index (χ1n) is 6.85. The number of hydrogen-bond donors (Lipinski definition) is 0. The maximum absolute atomic E-state index is 13.1. The molecule has 3 nitrogen and oxygen atoms in total. The van der Waals surface area contributed by atoms with Crippen LogP contribution < -0.4 is 0 Å². The second-order valence-corrected chi connectivity index (χ2v) is 5.72. The highest BCUT2D eigenvalue weighted by molar-refractivity contribution is 6.43. The lowest BCUT2D eigenvalue weighted by Crippen LogP contribution is -1.96. The molecule has 0 saturated heterocycles. The molecule has 0 saturated carbocycles. The Labute approximate surface area is 143 Å². The van der Waals surface area contributed by atoms with Gasteiger partial charge >= 0.3 is 0 Å². The lowest BCUT2D eigenvalue weighted by molar-refractivity contribution is 0.627. The van der Waals surface area contributed by atoms with Crippen LogP contribution in [0.2, 0.25) is 10.0 Å². The van der Waals surface area contributed by atoms with Crippen LogP contribution in [0.5, 0.6) is 0 Å². The van der Waals surface area contributed by atoms with E-state index in [0.717, 1.165) is 11.4 Å². The molecule has 0 radical (unpaired) electrons. The van der Waals surface area contributed by atoms with Gasteiger partial charge in [-0.25, -0.2) is 14.1 Å². The van der Waals surface area contributed by atoms with Crippen LogP contribution in [0.4, 0.5) is 10.2 Å². The Bertz CT molecular complexity index is 870. The maximum atomic E-state index is 13.1. The molecule has 2 aromatic carbocycles. The zero-order valence-electron chi connectivity index (χ0n) is 12.2. The van der Waals surface area contributed by atoms with Crippen LogP contribution in [0.25, 0.3) is 5.69 Å². The van der Waals surface area contributed by atoms with Gasteiger partial charge in [0.25, 0.3) is 0 Å². The lowest BCUT2D eigenvalue weighted by atomic mass is 10.2. The minimum absolute atomic E-state index is 0.298. The number of hydrogen-bond acceptors (Lipinski definition) is 2. The van der Waals surface area contributed by atoms with E-state index >= 15 is 0 Å². The standard InChI is InChI=1S/C17H12Cl2FN3/c1-11-9-16(21-10-12-3-2-4-15(18)17(12)19)23(22-11)14-7-5-13(20)6-8-14/h2-10H,1H3/b21-10+. The summed E-state index contributed by atoms with van der Waals surface area (Å²) < 4.78 is 14.7. The van der Waals surface area contributed by atoms with Gasteiger partial charge in [0, 0.05) is 17.8 Å². The van der Waals surface area contributed by atoms with E-state index in [-0.39, 0.29) is 5.82 Å². The largest absolute Gasteiger partial charge is 0.236 e.